The Kier molecular flexibility index (Phi) is 5.88. The highest BCUT2D eigenvalue weighted by molar-refractivity contribution is 5.93. The summed E-state index contributed by atoms with van der Waals surface area (Å²) in [7, 11) is 2.95. The molecule has 0 fully saturated rings. The molecular formula is C12H16N2O6. The van der Waals surface area contributed by atoms with Crippen LogP contribution in [0.3, 0.4) is 0 Å². The highest BCUT2D eigenvalue weighted by Gasteiger charge is 2.17. The summed E-state index contributed by atoms with van der Waals surface area (Å²) in [6.45, 7) is 0.134. The molecule has 1 aromatic rings. The van der Waals surface area contributed by atoms with Gasteiger partial charge in [-0.15, -0.1) is 0 Å². The molecular weight excluding hydrogens is 268 g/mol. The van der Waals surface area contributed by atoms with Gasteiger partial charge in [0.15, 0.2) is 12.0 Å². The second kappa shape index (κ2) is 7.41. The Morgan fingerprint density at radius 3 is 2.55 bits per heavy atom. The zero-order valence-electron chi connectivity index (χ0n) is 11.2. The van der Waals surface area contributed by atoms with Crippen molar-refractivity contribution in [3.8, 4) is 5.75 Å². The van der Waals surface area contributed by atoms with E-state index in [1.54, 1.807) is 0 Å². The van der Waals surface area contributed by atoms with Crippen molar-refractivity contribution in [2.75, 3.05) is 20.8 Å². The van der Waals surface area contributed by atoms with Gasteiger partial charge in [0, 0.05) is 38.3 Å². The van der Waals surface area contributed by atoms with Crippen molar-refractivity contribution in [3.63, 3.8) is 0 Å². The van der Waals surface area contributed by atoms with Gasteiger partial charge in [-0.25, -0.2) is 0 Å². The first kappa shape index (κ1) is 15.9. The smallest absolute Gasteiger partial charge is 0.310 e. The number of methoxy groups -OCH3 is 2. The molecule has 20 heavy (non-hydrogen) atoms. The van der Waals surface area contributed by atoms with Crippen LogP contribution in [0.25, 0.3) is 0 Å². The summed E-state index contributed by atoms with van der Waals surface area (Å²) in [5.41, 5.74) is 5.03. The fourth-order valence-electron chi connectivity index (χ4n) is 1.53. The van der Waals surface area contributed by atoms with Gasteiger partial charge in [0.1, 0.15) is 0 Å². The molecule has 8 nitrogen and oxygen atoms in total. The van der Waals surface area contributed by atoms with Gasteiger partial charge in [-0.1, -0.05) is 0 Å². The molecule has 1 amide bonds. The number of carbonyl (C=O) groups is 1. The van der Waals surface area contributed by atoms with E-state index in [2.05, 4.69) is 0 Å². The van der Waals surface area contributed by atoms with Crippen LogP contribution in [-0.4, -0.2) is 37.9 Å². The third-order valence-corrected chi connectivity index (χ3v) is 2.58. The molecule has 0 saturated heterocycles. The largest absolute Gasteiger partial charge is 0.487 e. The van der Waals surface area contributed by atoms with Gasteiger partial charge in [-0.3, -0.25) is 14.9 Å². The lowest BCUT2D eigenvalue weighted by molar-refractivity contribution is -0.385. The summed E-state index contributed by atoms with van der Waals surface area (Å²) in [5, 5.41) is 10.9. The summed E-state index contributed by atoms with van der Waals surface area (Å²) >= 11 is 0. The van der Waals surface area contributed by atoms with E-state index in [1.165, 1.54) is 32.4 Å². The molecule has 1 rings (SSSR count). The van der Waals surface area contributed by atoms with E-state index in [0.717, 1.165) is 0 Å². The summed E-state index contributed by atoms with van der Waals surface area (Å²) in [6, 6.07) is 3.70. The first-order valence-electron chi connectivity index (χ1n) is 5.76. The van der Waals surface area contributed by atoms with E-state index < -0.39 is 17.1 Å². The Morgan fingerprint density at radius 1 is 1.40 bits per heavy atom. The Balaban J connectivity index is 2.82. The number of nitro groups is 1. The van der Waals surface area contributed by atoms with E-state index in [1.807, 2.05) is 0 Å². The number of nitro benzene ring substituents is 1. The summed E-state index contributed by atoms with van der Waals surface area (Å²) in [4.78, 5) is 21.3. The van der Waals surface area contributed by atoms with Crippen LogP contribution in [0.5, 0.6) is 5.75 Å². The Labute approximate surface area is 115 Å². The molecule has 0 atom stereocenters. The van der Waals surface area contributed by atoms with Crippen LogP contribution in [0.2, 0.25) is 0 Å². The Hall–Kier alpha value is -2.19. The fourth-order valence-corrected chi connectivity index (χ4v) is 1.53. The molecule has 0 spiro atoms. The summed E-state index contributed by atoms with van der Waals surface area (Å²) in [6.07, 6.45) is -0.0845. The van der Waals surface area contributed by atoms with Crippen molar-refractivity contribution in [2.45, 2.75) is 12.7 Å². The normalized spacial score (nSPS) is 10.6. The average Bonchev–Trinajstić information content (AvgIpc) is 2.43. The number of nitrogens with zero attached hydrogens (tertiary/aromatic N) is 1. The minimum atomic E-state index is -0.684. The molecule has 0 aliphatic heterocycles. The summed E-state index contributed by atoms with van der Waals surface area (Å²) in [5.74, 6) is -0.700. The lowest BCUT2D eigenvalue weighted by Crippen LogP contribution is -2.17. The average molecular weight is 284 g/mol. The number of hydrogen-bond donors (Lipinski definition) is 1. The van der Waals surface area contributed by atoms with Crippen LogP contribution >= 0.6 is 0 Å². The van der Waals surface area contributed by atoms with E-state index in [0.29, 0.717) is 6.42 Å². The predicted octanol–water partition coefficient (Wildman–Crippen LogP) is 1.08. The zero-order valence-corrected chi connectivity index (χ0v) is 11.2. The Bertz CT molecular complexity index is 487. The van der Waals surface area contributed by atoms with Gasteiger partial charge in [0.25, 0.3) is 0 Å². The second-order valence-corrected chi connectivity index (χ2v) is 3.84. The molecule has 0 saturated carbocycles. The van der Waals surface area contributed by atoms with E-state index in [9.17, 15) is 14.9 Å². The monoisotopic (exact) mass is 284 g/mol. The quantitative estimate of drug-likeness (QED) is 0.434. The lowest BCUT2D eigenvalue weighted by atomic mass is 10.2. The molecule has 0 unspecified atom stereocenters. The molecule has 0 aliphatic carbocycles. The molecule has 2 N–H and O–H groups in total. The van der Waals surface area contributed by atoms with E-state index in [-0.39, 0.29) is 23.6 Å². The molecule has 110 valence electrons. The number of amides is 1. The van der Waals surface area contributed by atoms with Crippen molar-refractivity contribution in [2.24, 2.45) is 5.73 Å². The van der Waals surface area contributed by atoms with Gasteiger partial charge in [0.2, 0.25) is 5.91 Å². The van der Waals surface area contributed by atoms with E-state index >= 15 is 0 Å². The number of ether oxygens (including phenoxy) is 3. The molecule has 1 aromatic carbocycles. The molecule has 0 radical (unpaired) electrons. The van der Waals surface area contributed by atoms with Crippen molar-refractivity contribution in [3.05, 3.63) is 33.9 Å². The Morgan fingerprint density at radius 2 is 2.05 bits per heavy atom. The summed E-state index contributed by atoms with van der Waals surface area (Å²) < 4.78 is 15.2. The maximum absolute atomic E-state index is 11.1. The number of carbonyl (C=O) groups excluding carboxylic acids is 1. The number of primary amides is 1. The fraction of sp³-hybridized carbons (Fsp3) is 0.417. The van der Waals surface area contributed by atoms with Crippen LogP contribution in [0.1, 0.15) is 16.8 Å². The van der Waals surface area contributed by atoms with Crippen LogP contribution in [-0.2, 0) is 9.47 Å². The SMILES string of the molecule is COC(CCOc1cc(C(N)=O)ccc1[N+](=O)[O-])OC. The second-order valence-electron chi connectivity index (χ2n) is 3.84. The lowest BCUT2D eigenvalue weighted by Gasteiger charge is -2.13. The molecule has 0 bridgehead atoms. The van der Waals surface area contributed by atoms with Crippen molar-refractivity contribution < 1.29 is 23.9 Å². The van der Waals surface area contributed by atoms with Crippen LogP contribution < -0.4 is 10.5 Å². The standard InChI is InChI=1S/C12H16N2O6/c1-18-11(19-2)5-6-20-10-7-8(12(13)15)3-4-9(10)14(16)17/h3-4,7,11H,5-6H2,1-2H3,(H2,13,15). The maximum atomic E-state index is 11.1. The van der Waals surface area contributed by atoms with Gasteiger partial charge in [-0.2, -0.15) is 0 Å². The van der Waals surface area contributed by atoms with Crippen molar-refractivity contribution in [1.82, 2.24) is 0 Å². The third kappa shape index (κ3) is 4.18. The predicted molar refractivity (Wildman–Crippen MR) is 69.5 cm³/mol. The topological polar surface area (TPSA) is 114 Å². The minimum Gasteiger partial charge on any atom is -0.487 e. The minimum absolute atomic E-state index is 0.0164. The third-order valence-electron chi connectivity index (χ3n) is 2.58. The van der Waals surface area contributed by atoms with Gasteiger partial charge >= 0.3 is 5.69 Å². The number of hydrogen-bond acceptors (Lipinski definition) is 6. The van der Waals surface area contributed by atoms with Gasteiger partial charge in [0.05, 0.1) is 11.5 Å². The van der Waals surface area contributed by atoms with E-state index in [4.69, 9.17) is 19.9 Å². The first-order valence-corrected chi connectivity index (χ1v) is 5.76. The maximum Gasteiger partial charge on any atom is 0.310 e. The van der Waals surface area contributed by atoms with Crippen LogP contribution in [0, 0.1) is 10.1 Å². The highest BCUT2D eigenvalue weighted by atomic mass is 16.7. The van der Waals surface area contributed by atoms with Crippen LogP contribution in [0.4, 0.5) is 5.69 Å². The number of rotatable bonds is 8. The van der Waals surface area contributed by atoms with Gasteiger partial charge < -0.3 is 19.9 Å². The van der Waals surface area contributed by atoms with Gasteiger partial charge in [-0.05, 0) is 6.07 Å². The van der Waals surface area contributed by atoms with Crippen molar-refractivity contribution in [1.29, 1.82) is 0 Å². The molecule has 0 heterocycles. The zero-order chi connectivity index (χ0) is 15.1. The van der Waals surface area contributed by atoms with Crippen LogP contribution in [0.15, 0.2) is 18.2 Å². The highest BCUT2D eigenvalue weighted by Crippen LogP contribution is 2.28. The molecule has 8 heteroatoms. The number of benzene rings is 1. The number of nitrogens with two attached hydrogens (primary N) is 1. The first-order chi connectivity index (χ1) is 9.49. The molecule has 0 aromatic heterocycles. The molecule has 0 aliphatic rings. The van der Waals surface area contributed by atoms with Crippen molar-refractivity contribution >= 4 is 11.6 Å².